The molecule has 2 N–H and O–H groups in total. The van der Waals surface area contributed by atoms with E-state index in [1.165, 1.54) is 10.9 Å². The maximum atomic E-state index is 13.0. The number of amides is 1. The minimum atomic E-state index is -1.14. The number of carbonyl (C=O) groups excluding carboxylic acids is 1. The molecule has 1 atom stereocenters. The van der Waals surface area contributed by atoms with Gasteiger partial charge in [0.2, 0.25) is 5.76 Å². The van der Waals surface area contributed by atoms with Gasteiger partial charge in [-0.15, -0.1) is 5.10 Å². The number of halogens is 1. The van der Waals surface area contributed by atoms with Gasteiger partial charge < -0.3 is 14.8 Å². The Bertz CT molecular complexity index is 1140. The lowest BCUT2D eigenvalue weighted by molar-refractivity contribution is 0.0660. The van der Waals surface area contributed by atoms with Crippen molar-refractivity contribution in [1.82, 2.24) is 30.1 Å². The van der Waals surface area contributed by atoms with E-state index in [0.717, 1.165) is 19.3 Å². The molecular formula is C21H25ClN6O4. The molecule has 1 amide bonds. The van der Waals surface area contributed by atoms with E-state index in [9.17, 15) is 14.7 Å². The Kier molecular flexibility index (Phi) is 5.81. The number of carboxylic acids is 1. The van der Waals surface area contributed by atoms with E-state index in [-0.39, 0.29) is 40.5 Å². The quantitative estimate of drug-likeness (QED) is 0.526. The molecule has 32 heavy (non-hydrogen) atoms. The van der Waals surface area contributed by atoms with Crippen LogP contribution in [0.1, 0.15) is 78.4 Å². The normalized spacial score (nSPS) is 15.0. The van der Waals surface area contributed by atoms with Crippen LogP contribution in [0.15, 0.2) is 29.1 Å². The summed E-state index contributed by atoms with van der Waals surface area (Å²) in [7, 11) is 0. The van der Waals surface area contributed by atoms with Gasteiger partial charge in [0.05, 0.1) is 35.6 Å². The fourth-order valence-electron chi connectivity index (χ4n) is 3.39. The largest absolute Gasteiger partial charge is 0.475 e. The third kappa shape index (κ3) is 4.85. The Morgan fingerprint density at radius 3 is 2.72 bits per heavy atom. The van der Waals surface area contributed by atoms with Gasteiger partial charge in [0, 0.05) is 11.8 Å². The molecule has 1 unspecified atom stereocenters. The molecule has 1 saturated carbocycles. The number of hydrogen-bond acceptors (Lipinski definition) is 6. The molecule has 0 radical (unpaired) electrons. The third-order valence-electron chi connectivity index (χ3n) is 5.33. The standard InChI is InChI=1S/C21H25ClN6O4/c1-21(2,3)28-10-14(22)17(25-28)19(29)23-15(8-12-4-5-12)16-11-27(26-24-16)9-13-6-7-32-18(13)20(30)31/h6-7,10-12,15H,4-5,8-9H2,1-3H3,(H,23,29)(H,30,31). The molecule has 3 heterocycles. The van der Waals surface area contributed by atoms with Gasteiger partial charge in [0.1, 0.15) is 5.69 Å². The fraction of sp³-hybridized carbons (Fsp3) is 0.476. The van der Waals surface area contributed by atoms with Crippen LogP contribution in [0, 0.1) is 5.92 Å². The zero-order valence-corrected chi connectivity index (χ0v) is 18.8. The molecule has 11 heteroatoms. The number of carbonyl (C=O) groups is 2. The van der Waals surface area contributed by atoms with Gasteiger partial charge in [-0.1, -0.05) is 29.7 Å². The van der Waals surface area contributed by atoms with Gasteiger partial charge in [-0.3, -0.25) is 9.48 Å². The zero-order chi connectivity index (χ0) is 23.0. The molecule has 0 saturated heterocycles. The summed E-state index contributed by atoms with van der Waals surface area (Å²) in [5.74, 6) is -1.13. The van der Waals surface area contributed by atoms with Crippen molar-refractivity contribution in [3.63, 3.8) is 0 Å². The van der Waals surface area contributed by atoms with E-state index >= 15 is 0 Å². The SMILES string of the molecule is CC(C)(C)n1cc(Cl)c(C(=O)NC(CC2CC2)c2cn(Cc3ccoc3C(=O)O)nn2)n1. The van der Waals surface area contributed by atoms with Crippen LogP contribution in [0.4, 0.5) is 0 Å². The summed E-state index contributed by atoms with van der Waals surface area (Å²) < 4.78 is 8.21. The molecule has 1 aliphatic rings. The first kappa shape index (κ1) is 22.1. The minimum absolute atomic E-state index is 0.131. The maximum Gasteiger partial charge on any atom is 0.372 e. The fourth-order valence-corrected chi connectivity index (χ4v) is 3.61. The van der Waals surface area contributed by atoms with Gasteiger partial charge in [-0.05, 0) is 39.2 Å². The second-order valence-electron chi connectivity index (χ2n) is 9.07. The molecule has 0 aliphatic heterocycles. The van der Waals surface area contributed by atoms with Gasteiger partial charge in [-0.25, -0.2) is 9.48 Å². The van der Waals surface area contributed by atoms with E-state index in [2.05, 4.69) is 20.7 Å². The Morgan fingerprint density at radius 1 is 1.34 bits per heavy atom. The second-order valence-corrected chi connectivity index (χ2v) is 9.47. The number of hydrogen-bond donors (Lipinski definition) is 2. The number of rotatable bonds is 8. The van der Waals surface area contributed by atoms with Crippen molar-refractivity contribution in [1.29, 1.82) is 0 Å². The highest BCUT2D eigenvalue weighted by molar-refractivity contribution is 6.33. The number of aromatic nitrogens is 5. The molecule has 0 spiro atoms. The summed E-state index contributed by atoms with van der Waals surface area (Å²) in [5.41, 5.74) is 0.938. The molecule has 1 fully saturated rings. The van der Waals surface area contributed by atoms with E-state index in [1.54, 1.807) is 23.1 Å². The highest BCUT2D eigenvalue weighted by Gasteiger charge is 2.31. The first-order valence-electron chi connectivity index (χ1n) is 10.4. The molecule has 0 aromatic carbocycles. The second kappa shape index (κ2) is 8.42. The van der Waals surface area contributed by atoms with Crippen LogP contribution >= 0.6 is 11.6 Å². The molecule has 3 aromatic rings. The Balaban J connectivity index is 1.52. The molecule has 1 aliphatic carbocycles. The van der Waals surface area contributed by atoms with Crippen LogP contribution in [-0.4, -0.2) is 41.8 Å². The first-order chi connectivity index (χ1) is 15.1. The lowest BCUT2D eigenvalue weighted by Gasteiger charge is -2.19. The highest BCUT2D eigenvalue weighted by atomic mass is 35.5. The van der Waals surface area contributed by atoms with Crippen molar-refractivity contribution >= 4 is 23.5 Å². The van der Waals surface area contributed by atoms with Crippen LogP contribution < -0.4 is 5.32 Å². The minimum Gasteiger partial charge on any atom is -0.475 e. The average Bonchev–Trinajstić information content (AvgIpc) is 3.09. The van der Waals surface area contributed by atoms with Gasteiger partial charge >= 0.3 is 5.97 Å². The first-order valence-corrected chi connectivity index (χ1v) is 10.8. The topological polar surface area (TPSA) is 128 Å². The summed E-state index contributed by atoms with van der Waals surface area (Å²) in [6.07, 6.45) is 7.63. The van der Waals surface area contributed by atoms with E-state index in [1.807, 2.05) is 20.8 Å². The van der Waals surface area contributed by atoms with Crippen molar-refractivity contribution in [3.05, 3.63) is 52.5 Å². The summed E-state index contributed by atoms with van der Waals surface area (Å²) >= 11 is 6.28. The molecule has 3 aromatic heterocycles. The average molecular weight is 461 g/mol. The Hall–Kier alpha value is -3.14. The maximum absolute atomic E-state index is 13.0. The predicted octanol–water partition coefficient (Wildman–Crippen LogP) is 3.49. The predicted molar refractivity (Wildman–Crippen MR) is 115 cm³/mol. The van der Waals surface area contributed by atoms with Crippen molar-refractivity contribution in [2.45, 2.75) is 58.2 Å². The van der Waals surface area contributed by atoms with Crippen molar-refractivity contribution in [2.24, 2.45) is 5.92 Å². The zero-order valence-electron chi connectivity index (χ0n) is 18.1. The van der Waals surface area contributed by atoms with Gasteiger partial charge in [-0.2, -0.15) is 5.10 Å². The van der Waals surface area contributed by atoms with Crippen LogP contribution in [0.25, 0.3) is 0 Å². The van der Waals surface area contributed by atoms with Crippen LogP contribution in [-0.2, 0) is 12.1 Å². The number of furan rings is 1. The highest BCUT2D eigenvalue weighted by Crippen LogP contribution is 2.37. The van der Waals surface area contributed by atoms with Gasteiger partial charge in [0.15, 0.2) is 5.69 Å². The van der Waals surface area contributed by atoms with Crippen molar-refractivity contribution in [3.8, 4) is 0 Å². The van der Waals surface area contributed by atoms with Crippen LogP contribution in [0.5, 0.6) is 0 Å². The summed E-state index contributed by atoms with van der Waals surface area (Å²) in [4.78, 5) is 24.2. The number of carboxylic acid groups (broad SMARTS) is 1. The van der Waals surface area contributed by atoms with Crippen LogP contribution in [0.2, 0.25) is 5.02 Å². The molecule has 4 rings (SSSR count). The van der Waals surface area contributed by atoms with Crippen LogP contribution in [0.3, 0.4) is 0 Å². The summed E-state index contributed by atoms with van der Waals surface area (Å²) in [6, 6.07) is 1.23. The van der Waals surface area contributed by atoms with Crippen molar-refractivity contribution < 1.29 is 19.1 Å². The Morgan fingerprint density at radius 2 is 2.09 bits per heavy atom. The van der Waals surface area contributed by atoms with Gasteiger partial charge in [0.25, 0.3) is 5.91 Å². The monoisotopic (exact) mass is 460 g/mol. The van der Waals surface area contributed by atoms with E-state index in [4.69, 9.17) is 16.0 Å². The molecule has 10 nitrogen and oxygen atoms in total. The molecular weight excluding hydrogens is 436 g/mol. The number of nitrogens with one attached hydrogen (secondary N) is 1. The molecule has 170 valence electrons. The number of aromatic carboxylic acids is 1. The summed E-state index contributed by atoms with van der Waals surface area (Å²) in [5, 5.41) is 25.2. The Labute approximate surface area is 189 Å². The smallest absolute Gasteiger partial charge is 0.372 e. The lowest BCUT2D eigenvalue weighted by atomic mass is 10.1. The van der Waals surface area contributed by atoms with Crippen molar-refractivity contribution in [2.75, 3.05) is 0 Å². The van der Waals surface area contributed by atoms with E-state index in [0.29, 0.717) is 17.2 Å². The third-order valence-corrected chi connectivity index (χ3v) is 5.61. The lowest BCUT2D eigenvalue weighted by Crippen LogP contribution is -2.30. The van der Waals surface area contributed by atoms with E-state index < -0.39 is 5.97 Å². The summed E-state index contributed by atoms with van der Waals surface area (Å²) in [6.45, 7) is 6.11. The number of nitrogens with zero attached hydrogens (tertiary/aromatic N) is 5. The molecule has 0 bridgehead atoms.